The molecule has 2 aliphatic rings. The van der Waals surface area contributed by atoms with E-state index in [0.29, 0.717) is 0 Å². The van der Waals surface area contributed by atoms with Crippen LogP contribution in [0.5, 0.6) is 0 Å². The zero-order valence-electron chi connectivity index (χ0n) is 16.3. The first-order valence-corrected chi connectivity index (χ1v) is 9.77. The highest BCUT2D eigenvalue weighted by atomic mass is 16.5. The second-order valence-electron chi connectivity index (χ2n) is 7.72. The van der Waals surface area contributed by atoms with Crippen LogP contribution in [0.1, 0.15) is 51.3 Å². The molecule has 1 unspecified atom stereocenters. The number of fused-ring (bicyclic) bond motifs is 1. The summed E-state index contributed by atoms with van der Waals surface area (Å²) in [7, 11) is 1.79. The number of likely N-dealkylation sites (N-methyl/N-ethyl adjacent to an activating group) is 1. The average Bonchev–Trinajstić information content (AvgIpc) is 3.28. The van der Waals surface area contributed by atoms with Gasteiger partial charge in [-0.05, 0) is 68.7 Å². The van der Waals surface area contributed by atoms with Gasteiger partial charge in [0.2, 0.25) is 0 Å². The third-order valence-electron chi connectivity index (χ3n) is 5.47. The number of anilines is 1. The topological polar surface area (TPSA) is 69.4 Å². The van der Waals surface area contributed by atoms with Crippen molar-refractivity contribution < 1.29 is 9.53 Å². The summed E-state index contributed by atoms with van der Waals surface area (Å²) in [6, 6.07) is 8.49. The number of hydrazine groups is 1. The Morgan fingerprint density at radius 2 is 2.07 bits per heavy atom. The lowest BCUT2D eigenvalue weighted by molar-refractivity contribution is -0.124. The number of rotatable bonds is 5. The van der Waals surface area contributed by atoms with Gasteiger partial charge in [-0.25, -0.2) is 5.43 Å². The molecule has 2 aromatic rings. The quantitative estimate of drug-likeness (QED) is 0.755. The van der Waals surface area contributed by atoms with Crippen LogP contribution in [0.4, 0.5) is 5.69 Å². The van der Waals surface area contributed by atoms with Crippen LogP contribution in [-0.2, 0) is 9.53 Å². The predicted molar refractivity (Wildman–Crippen MR) is 107 cm³/mol. The fourth-order valence-corrected chi connectivity index (χ4v) is 3.88. The first kappa shape index (κ1) is 18.1. The third-order valence-corrected chi connectivity index (χ3v) is 5.47. The average molecular weight is 368 g/mol. The maximum absolute atomic E-state index is 12.3. The number of benzene rings is 1. The summed E-state index contributed by atoms with van der Waals surface area (Å²) >= 11 is 0. The van der Waals surface area contributed by atoms with Crippen molar-refractivity contribution in [3.05, 3.63) is 41.2 Å². The van der Waals surface area contributed by atoms with Gasteiger partial charge in [-0.1, -0.05) is 6.07 Å². The molecule has 0 saturated carbocycles. The van der Waals surface area contributed by atoms with Crippen LogP contribution in [0.25, 0.3) is 10.9 Å². The highest BCUT2D eigenvalue weighted by molar-refractivity contribution is 5.96. The van der Waals surface area contributed by atoms with Crippen LogP contribution in [-0.4, -0.2) is 30.6 Å². The maximum Gasteiger partial charge on any atom is 0.252 e. The number of nitrogens with zero attached hydrogens (tertiary/aromatic N) is 1. The number of nitrogens with one attached hydrogen (secondary N) is 3. The molecule has 0 spiro atoms. The van der Waals surface area contributed by atoms with Gasteiger partial charge in [0.05, 0.1) is 12.1 Å². The van der Waals surface area contributed by atoms with Gasteiger partial charge < -0.3 is 20.0 Å². The second-order valence-corrected chi connectivity index (χ2v) is 7.72. The molecule has 144 valence electrons. The van der Waals surface area contributed by atoms with Crippen LogP contribution in [0.3, 0.4) is 0 Å². The Balaban J connectivity index is 1.55. The predicted octanol–water partition coefficient (Wildman–Crippen LogP) is 3.53. The van der Waals surface area contributed by atoms with E-state index in [9.17, 15) is 4.79 Å². The van der Waals surface area contributed by atoms with Gasteiger partial charge in [0.15, 0.2) is 0 Å². The first-order chi connectivity index (χ1) is 13.0. The molecule has 0 radical (unpaired) electrons. The molecule has 1 atom stereocenters. The van der Waals surface area contributed by atoms with E-state index in [2.05, 4.69) is 28.0 Å². The highest BCUT2D eigenvalue weighted by Crippen LogP contribution is 2.37. The van der Waals surface area contributed by atoms with Crippen molar-refractivity contribution in [2.24, 2.45) is 0 Å². The molecular formula is C21H28N4O2. The summed E-state index contributed by atoms with van der Waals surface area (Å²) < 4.78 is 5.44. The van der Waals surface area contributed by atoms with Crippen LogP contribution < -0.4 is 15.8 Å². The van der Waals surface area contributed by atoms with Gasteiger partial charge in [0.1, 0.15) is 6.61 Å². The van der Waals surface area contributed by atoms with Crippen LogP contribution in [0, 0.1) is 0 Å². The van der Waals surface area contributed by atoms with Gasteiger partial charge in [-0.3, -0.25) is 4.79 Å². The molecule has 1 amide bonds. The number of hydrogen-bond acceptors (Lipinski definition) is 4. The summed E-state index contributed by atoms with van der Waals surface area (Å²) in [4.78, 5) is 17.5. The zero-order chi connectivity index (χ0) is 19.0. The van der Waals surface area contributed by atoms with Gasteiger partial charge in [-0.15, -0.1) is 0 Å². The molecule has 4 rings (SSSR count). The minimum atomic E-state index is -0.0477. The van der Waals surface area contributed by atoms with Crippen LogP contribution >= 0.6 is 0 Å². The Bertz CT molecular complexity index is 883. The fourth-order valence-electron chi connectivity index (χ4n) is 3.88. The van der Waals surface area contributed by atoms with E-state index >= 15 is 0 Å². The number of carbonyl (C=O) groups excluding carboxylic acids is 1. The summed E-state index contributed by atoms with van der Waals surface area (Å²) in [5.41, 5.74) is 12.7. The van der Waals surface area contributed by atoms with Gasteiger partial charge in [0.25, 0.3) is 5.91 Å². The Hall–Kier alpha value is -2.31. The van der Waals surface area contributed by atoms with Crippen molar-refractivity contribution >= 4 is 22.5 Å². The smallest absolute Gasteiger partial charge is 0.252 e. The molecule has 1 aromatic carbocycles. The molecule has 3 N–H and O–H groups in total. The summed E-state index contributed by atoms with van der Waals surface area (Å²) in [6.07, 6.45) is 4.84. The number of hydrogen-bond donors (Lipinski definition) is 3. The SMILES string of the molecule is CC(C)OCC(=O)N(C)c1ccc2cc(C3NNC4=C3CCCC4)[nH]c2c1. The van der Waals surface area contributed by atoms with Crippen molar-refractivity contribution in [1.29, 1.82) is 0 Å². The van der Waals surface area contributed by atoms with E-state index in [4.69, 9.17) is 4.74 Å². The lowest BCUT2D eigenvalue weighted by Gasteiger charge is -2.18. The molecule has 6 heteroatoms. The standard InChI is InChI=1S/C21H28N4O2/c1-13(2)27-12-20(26)25(3)15-9-8-14-10-19(22-18(14)11-15)21-16-6-4-5-7-17(16)23-24-21/h8-11,13,21-24H,4-7,12H2,1-3H3. The molecule has 6 nitrogen and oxygen atoms in total. The zero-order valence-corrected chi connectivity index (χ0v) is 16.3. The number of amides is 1. The van der Waals surface area contributed by atoms with E-state index in [0.717, 1.165) is 29.4 Å². The van der Waals surface area contributed by atoms with Gasteiger partial charge in [0, 0.05) is 29.6 Å². The molecular weight excluding hydrogens is 340 g/mol. The van der Waals surface area contributed by atoms with Gasteiger partial charge in [-0.2, -0.15) is 0 Å². The Kier molecular flexibility index (Phi) is 4.93. The highest BCUT2D eigenvalue weighted by Gasteiger charge is 2.29. The molecule has 27 heavy (non-hydrogen) atoms. The Morgan fingerprint density at radius 1 is 1.26 bits per heavy atom. The molecule has 1 aliphatic carbocycles. The molecule has 2 heterocycles. The van der Waals surface area contributed by atoms with E-state index in [1.165, 1.54) is 29.8 Å². The third kappa shape index (κ3) is 3.59. The molecule has 1 aliphatic heterocycles. The van der Waals surface area contributed by atoms with Crippen molar-refractivity contribution in [2.45, 2.75) is 51.7 Å². The first-order valence-electron chi connectivity index (χ1n) is 9.77. The van der Waals surface area contributed by atoms with Gasteiger partial charge >= 0.3 is 0 Å². The summed E-state index contributed by atoms with van der Waals surface area (Å²) in [5.74, 6) is -0.0477. The van der Waals surface area contributed by atoms with Crippen LogP contribution in [0.2, 0.25) is 0 Å². The van der Waals surface area contributed by atoms with E-state index in [-0.39, 0.29) is 24.7 Å². The van der Waals surface area contributed by atoms with E-state index in [1.807, 2.05) is 26.0 Å². The molecule has 0 bridgehead atoms. The Labute approximate surface area is 159 Å². The minimum absolute atomic E-state index is 0.0438. The number of carbonyl (C=O) groups is 1. The lowest BCUT2D eigenvalue weighted by atomic mass is 9.91. The van der Waals surface area contributed by atoms with Crippen molar-refractivity contribution in [3.8, 4) is 0 Å². The number of aromatic nitrogens is 1. The minimum Gasteiger partial charge on any atom is -0.369 e. The van der Waals surface area contributed by atoms with Crippen molar-refractivity contribution in [3.63, 3.8) is 0 Å². The number of allylic oxidation sites excluding steroid dienone is 1. The maximum atomic E-state index is 12.3. The number of H-pyrrole nitrogens is 1. The summed E-state index contributed by atoms with van der Waals surface area (Å²) in [6.45, 7) is 3.95. The monoisotopic (exact) mass is 368 g/mol. The lowest BCUT2D eigenvalue weighted by Crippen LogP contribution is -2.31. The number of aromatic amines is 1. The normalized spacial score (nSPS) is 19.5. The molecule has 0 saturated heterocycles. The fraction of sp³-hybridized carbons (Fsp3) is 0.476. The molecule has 1 aromatic heterocycles. The van der Waals surface area contributed by atoms with Crippen molar-refractivity contribution in [1.82, 2.24) is 15.8 Å². The largest absolute Gasteiger partial charge is 0.369 e. The summed E-state index contributed by atoms with van der Waals surface area (Å²) in [5, 5.41) is 1.15. The second kappa shape index (κ2) is 7.37. The van der Waals surface area contributed by atoms with E-state index in [1.54, 1.807) is 11.9 Å². The van der Waals surface area contributed by atoms with Crippen LogP contribution in [0.15, 0.2) is 35.5 Å². The Morgan fingerprint density at radius 3 is 2.89 bits per heavy atom. The molecule has 0 fully saturated rings. The van der Waals surface area contributed by atoms with Crippen molar-refractivity contribution in [2.75, 3.05) is 18.6 Å². The van der Waals surface area contributed by atoms with E-state index < -0.39 is 0 Å². The number of ether oxygens (including phenoxy) is 1.